The molecule has 0 bridgehead atoms. The molecule has 3 N–H and O–H groups in total. The Hall–Kier alpha value is -1.92. The Bertz CT molecular complexity index is 337. The summed E-state index contributed by atoms with van der Waals surface area (Å²) in [5.74, 6) is -2.61. The van der Waals surface area contributed by atoms with Gasteiger partial charge in [-0.1, -0.05) is 6.92 Å². The number of Topliss-reactive ketones (excluding diaryl/α,β-unsaturated/α-hetero) is 1. The van der Waals surface area contributed by atoms with Gasteiger partial charge in [0, 0.05) is 6.92 Å². The minimum Gasteiger partial charge on any atom is -0.481 e. The van der Waals surface area contributed by atoms with E-state index in [1.165, 1.54) is 13.8 Å². The normalized spacial score (nSPS) is 13.3. The van der Waals surface area contributed by atoms with Crippen molar-refractivity contribution >= 4 is 23.6 Å². The monoisotopic (exact) mass is 258 g/mol. The molecule has 2 atom stereocenters. The highest BCUT2D eigenvalue weighted by atomic mass is 16.4. The summed E-state index contributed by atoms with van der Waals surface area (Å²) in [6, 6.07) is -1.84. The van der Waals surface area contributed by atoms with Gasteiger partial charge in [-0.2, -0.15) is 0 Å². The number of amides is 2. The number of ketones is 1. The highest BCUT2D eigenvalue weighted by Crippen LogP contribution is 1.98. The second-order valence-electron chi connectivity index (χ2n) is 3.93. The predicted molar refractivity (Wildman–Crippen MR) is 62.8 cm³/mol. The molecule has 0 spiro atoms. The van der Waals surface area contributed by atoms with Gasteiger partial charge in [0.25, 0.3) is 0 Å². The molecule has 0 radical (unpaired) electrons. The smallest absolute Gasteiger partial charge is 0.305 e. The molecule has 0 unspecified atom stereocenters. The van der Waals surface area contributed by atoms with E-state index in [9.17, 15) is 19.2 Å². The van der Waals surface area contributed by atoms with Crippen molar-refractivity contribution in [1.82, 2.24) is 10.6 Å². The van der Waals surface area contributed by atoms with Gasteiger partial charge in [0.15, 0.2) is 5.78 Å². The van der Waals surface area contributed by atoms with E-state index in [-0.39, 0.29) is 5.78 Å². The van der Waals surface area contributed by atoms with Crippen LogP contribution in [-0.2, 0) is 19.2 Å². The van der Waals surface area contributed by atoms with E-state index in [1.54, 1.807) is 6.92 Å². The summed E-state index contributed by atoms with van der Waals surface area (Å²) in [7, 11) is 0. The van der Waals surface area contributed by atoms with Crippen molar-refractivity contribution in [3.05, 3.63) is 0 Å². The fourth-order valence-electron chi connectivity index (χ4n) is 1.39. The average molecular weight is 258 g/mol. The van der Waals surface area contributed by atoms with Gasteiger partial charge >= 0.3 is 5.97 Å². The first-order chi connectivity index (χ1) is 8.27. The lowest BCUT2D eigenvalue weighted by Crippen LogP contribution is -2.51. The number of aliphatic carboxylic acids is 1. The molecule has 0 aromatic rings. The molecule has 0 aromatic carbocycles. The number of hydrogen-bond acceptors (Lipinski definition) is 4. The zero-order valence-corrected chi connectivity index (χ0v) is 10.6. The molecule has 0 aliphatic rings. The van der Waals surface area contributed by atoms with Crippen molar-refractivity contribution in [2.75, 3.05) is 0 Å². The molecule has 0 aliphatic carbocycles. The molecule has 0 aromatic heterocycles. The van der Waals surface area contributed by atoms with Crippen LogP contribution in [0.5, 0.6) is 0 Å². The van der Waals surface area contributed by atoms with Crippen molar-refractivity contribution in [3.63, 3.8) is 0 Å². The Morgan fingerprint density at radius 1 is 1.06 bits per heavy atom. The molecular weight excluding hydrogens is 240 g/mol. The lowest BCUT2D eigenvalue weighted by atomic mass is 10.1. The van der Waals surface area contributed by atoms with Crippen LogP contribution in [0.1, 0.15) is 33.6 Å². The van der Waals surface area contributed by atoms with Crippen LogP contribution in [0.25, 0.3) is 0 Å². The summed E-state index contributed by atoms with van der Waals surface area (Å²) in [5.41, 5.74) is 0. The van der Waals surface area contributed by atoms with Gasteiger partial charge in [-0.05, 0) is 13.3 Å². The van der Waals surface area contributed by atoms with Crippen LogP contribution in [0, 0.1) is 0 Å². The maximum Gasteiger partial charge on any atom is 0.305 e. The highest BCUT2D eigenvalue weighted by molar-refractivity contribution is 5.93. The number of carboxylic acid groups (broad SMARTS) is 1. The van der Waals surface area contributed by atoms with Crippen LogP contribution in [0.15, 0.2) is 0 Å². The Balaban J connectivity index is 4.68. The highest BCUT2D eigenvalue weighted by Gasteiger charge is 2.25. The van der Waals surface area contributed by atoms with Crippen LogP contribution in [0.3, 0.4) is 0 Å². The minimum atomic E-state index is -1.21. The quantitative estimate of drug-likeness (QED) is 0.567. The zero-order chi connectivity index (χ0) is 14.3. The molecule has 0 fully saturated rings. The van der Waals surface area contributed by atoms with E-state index >= 15 is 0 Å². The van der Waals surface area contributed by atoms with Crippen LogP contribution in [0.4, 0.5) is 0 Å². The lowest BCUT2D eigenvalue weighted by molar-refractivity contribution is -0.140. The zero-order valence-electron chi connectivity index (χ0n) is 10.6. The SMILES string of the molecule is CC[C@H](NC(=O)[C@H](CC(=O)O)NC(C)=O)C(C)=O. The number of carbonyl (C=O) groups is 4. The standard InChI is InChI=1S/C11H18N2O5/c1-4-8(6(2)14)13-11(18)9(5-10(16)17)12-7(3)15/h8-9H,4-5H2,1-3H3,(H,12,15)(H,13,18)(H,16,17)/t8-,9-/m0/s1. The largest absolute Gasteiger partial charge is 0.481 e. The van der Waals surface area contributed by atoms with Gasteiger partial charge in [-0.25, -0.2) is 0 Å². The summed E-state index contributed by atoms with van der Waals surface area (Å²) in [6.07, 6.45) is -0.124. The third-order valence-electron chi connectivity index (χ3n) is 2.29. The van der Waals surface area contributed by atoms with Crippen molar-refractivity contribution in [2.24, 2.45) is 0 Å². The first kappa shape index (κ1) is 16.1. The third kappa shape index (κ3) is 5.97. The second kappa shape index (κ2) is 7.41. The van der Waals surface area contributed by atoms with Crippen LogP contribution in [0.2, 0.25) is 0 Å². The first-order valence-electron chi connectivity index (χ1n) is 5.57. The Morgan fingerprint density at radius 3 is 1.94 bits per heavy atom. The van der Waals surface area contributed by atoms with E-state index in [0.29, 0.717) is 6.42 Å². The van der Waals surface area contributed by atoms with E-state index in [0.717, 1.165) is 0 Å². The number of carboxylic acids is 1. The Labute approximate surface area is 105 Å². The van der Waals surface area contributed by atoms with E-state index in [2.05, 4.69) is 10.6 Å². The summed E-state index contributed by atoms with van der Waals surface area (Å²) in [4.78, 5) is 44.4. The van der Waals surface area contributed by atoms with Gasteiger partial charge in [0.2, 0.25) is 11.8 Å². The van der Waals surface area contributed by atoms with Crippen molar-refractivity contribution in [2.45, 2.75) is 45.7 Å². The molecule has 0 aliphatic heterocycles. The molecule has 102 valence electrons. The van der Waals surface area contributed by atoms with Crippen molar-refractivity contribution < 1.29 is 24.3 Å². The van der Waals surface area contributed by atoms with Gasteiger partial charge in [-0.3, -0.25) is 19.2 Å². The first-order valence-corrected chi connectivity index (χ1v) is 5.57. The number of nitrogens with one attached hydrogen (secondary N) is 2. The maximum atomic E-state index is 11.7. The lowest BCUT2D eigenvalue weighted by Gasteiger charge is -2.19. The van der Waals surface area contributed by atoms with E-state index < -0.39 is 36.3 Å². The average Bonchev–Trinajstić information content (AvgIpc) is 2.22. The molecule has 18 heavy (non-hydrogen) atoms. The predicted octanol–water partition coefficient (Wildman–Crippen LogP) is -0.550. The third-order valence-corrected chi connectivity index (χ3v) is 2.29. The summed E-state index contributed by atoms with van der Waals surface area (Å²) < 4.78 is 0. The van der Waals surface area contributed by atoms with E-state index in [4.69, 9.17) is 5.11 Å². The maximum absolute atomic E-state index is 11.7. The Morgan fingerprint density at radius 2 is 1.61 bits per heavy atom. The molecular formula is C11H18N2O5. The summed E-state index contributed by atoms with van der Waals surface area (Å²) >= 11 is 0. The Kier molecular flexibility index (Phi) is 6.62. The van der Waals surface area contributed by atoms with Crippen molar-refractivity contribution in [1.29, 1.82) is 0 Å². The fraction of sp³-hybridized carbons (Fsp3) is 0.636. The van der Waals surface area contributed by atoms with Gasteiger partial charge < -0.3 is 15.7 Å². The molecule has 7 nitrogen and oxygen atoms in total. The van der Waals surface area contributed by atoms with Crippen LogP contribution in [-0.4, -0.2) is 40.8 Å². The van der Waals surface area contributed by atoms with Crippen LogP contribution >= 0.6 is 0 Å². The summed E-state index contributed by atoms with van der Waals surface area (Å²) in [6.45, 7) is 4.24. The van der Waals surface area contributed by atoms with Gasteiger partial charge in [0.1, 0.15) is 6.04 Å². The van der Waals surface area contributed by atoms with Gasteiger partial charge in [-0.15, -0.1) is 0 Å². The molecule has 0 heterocycles. The fourth-order valence-corrected chi connectivity index (χ4v) is 1.39. The molecule has 7 heteroatoms. The van der Waals surface area contributed by atoms with Crippen molar-refractivity contribution in [3.8, 4) is 0 Å². The molecule has 0 rings (SSSR count). The number of hydrogen-bond donors (Lipinski definition) is 3. The summed E-state index contributed by atoms with van der Waals surface area (Å²) in [5, 5.41) is 13.3. The van der Waals surface area contributed by atoms with Crippen LogP contribution < -0.4 is 10.6 Å². The molecule has 0 saturated carbocycles. The second-order valence-corrected chi connectivity index (χ2v) is 3.93. The van der Waals surface area contributed by atoms with Gasteiger partial charge in [0.05, 0.1) is 12.5 Å². The minimum absolute atomic E-state index is 0.220. The topological polar surface area (TPSA) is 113 Å². The molecule has 0 saturated heterocycles. The molecule has 2 amide bonds. The number of rotatable bonds is 7. The number of carbonyl (C=O) groups excluding carboxylic acids is 3. The van der Waals surface area contributed by atoms with E-state index in [1.807, 2.05) is 0 Å².